The lowest BCUT2D eigenvalue weighted by molar-refractivity contribution is -0.118. The number of halogens is 1. The minimum atomic E-state index is 0.00661. The minimum Gasteiger partial charge on any atom is -0.355 e. The Morgan fingerprint density at radius 3 is 2.91 bits per heavy atom. The molecule has 0 aliphatic heterocycles. The summed E-state index contributed by atoms with van der Waals surface area (Å²) >= 11 is 7.53. The van der Waals surface area contributed by atoms with Gasteiger partial charge in [-0.1, -0.05) is 43.3 Å². The van der Waals surface area contributed by atoms with E-state index in [0.717, 1.165) is 17.7 Å². The topological polar surface area (TPSA) is 59.8 Å². The van der Waals surface area contributed by atoms with Crippen molar-refractivity contribution in [3.05, 3.63) is 35.1 Å². The van der Waals surface area contributed by atoms with Crippen LogP contribution in [0.3, 0.4) is 0 Å². The maximum Gasteiger partial charge on any atom is 0.230 e. The molecule has 0 atom stereocenters. The predicted octanol–water partition coefficient (Wildman–Crippen LogP) is 3.48. The van der Waals surface area contributed by atoms with E-state index in [2.05, 4.69) is 29.4 Å². The van der Waals surface area contributed by atoms with Gasteiger partial charge in [-0.05, 0) is 37.0 Å². The number of thioether (sulfide) groups is 1. The molecule has 1 amide bonds. The van der Waals surface area contributed by atoms with Gasteiger partial charge in [-0.15, -0.1) is 10.2 Å². The van der Waals surface area contributed by atoms with Crippen molar-refractivity contribution in [3.8, 4) is 5.69 Å². The first kappa shape index (κ1) is 17.8. The third kappa shape index (κ3) is 5.25. The molecule has 1 N–H and O–H groups in total. The van der Waals surface area contributed by atoms with Gasteiger partial charge in [0, 0.05) is 11.6 Å². The molecule has 0 unspecified atom stereocenters. The molecule has 7 heteroatoms. The van der Waals surface area contributed by atoms with Crippen LogP contribution < -0.4 is 5.32 Å². The molecule has 0 radical (unpaired) electrons. The van der Waals surface area contributed by atoms with Crippen LogP contribution in [0.4, 0.5) is 0 Å². The Labute approximate surface area is 145 Å². The molecule has 1 aromatic heterocycles. The van der Waals surface area contributed by atoms with Gasteiger partial charge in [-0.25, -0.2) is 0 Å². The van der Waals surface area contributed by atoms with E-state index in [1.165, 1.54) is 11.8 Å². The number of rotatable bonds is 7. The number of aromatic nitrogens is 3. The lowest BCUT2D eigenvalue weighted by Crippen LogP contribution is -2.27. The lowest BCUT2D eigenvalue weighted by atomic mass is 10.1. The summed E-state index contributed by atoms with van der Waals surface area (Å²) in [6, 6.07) is 5.77. The Bertz CT molecular complexity index is 672. The summed E-state index contributed by atoms with van der Waals surface area (Å²) < 4.78 is 1.83. The van der Waals surface area contributed by atoms with E-state index >= 15 is 0 Å². The molecule has 2 aromatic rings. The van der Waals surface area contributed by atoms with E-state index in [4.69, 9.17) is 11.6 Å². The molecule has 124 valence electrons. The van der Waals surface area contributed by atoms with E-state index < -0.39 is 0 Å². The number of benzene rings is 1. The monoisotopic (exact) mass is 352 g/mol. The van der Waals surface area contributed by atoms with E-state index in [-0.39, 0.29) is 5.91 Å². The number of nitrogens with zero attached hydrogens (tertiary/aromatic N) is 3. The Balaban J connectivity index is 1.96. The average Bonchev–Trinajstić information content (AvgIpc) is 2.96. The van der Waals surface area contributed by atoms with Gasteiger partial charge in [0.15, 0.2) is 5.16 Å². The Hall–Kier alpha value is -1.53. The van der Waals surface area contributed by atoms with Crippen molar-refractivity contribution < 1.29 is 4.79 Å². The number of amides is 1. The number of hydrogen-bond acceptors (Lipinski definition) is 4. The number of hydrogen-bond donors (Lipinski definition) is 1. The van der Waals surface area contributed by atoms with Crippen molar-refractivity contribution in [2.75, 3.05) is 12.3 Å². The molecular weight excluding hydrogens is 332 g/mol. The van der Waals surface area contributed by atoms with Gasteiger partial charge in [0.25, 0.3) is 0 Å². The number of carbonyl (C=O) groups is 1. The second-order valence-electron chi connectivity index (χ2n) is 5.74. The molecular formula is C16H21ClN4OS. The molecule has 0 aliphatic carbocycles. The summed E-state index contributed by atoms with van der Waals surface area (Å²) in [7, 11) is 0. The maximum atomic E-state index is 11.9. The third-order valence-electron chi connectivity index (χ3n) is 3.33. The molecule has 5 nitrogen and oxygen atoms in total. The zero-order chi connectivity index (χ0) is 16.8. The second-order valence-corrected chi connectivity index (χ2v) is 7.09. The van der Waals surface area contributed by atoms with Gasteiger partial charge in [0.05, 0.1) is 11.4 Å². The first-order chi connectivity index (χ1) is 11.0. The van der Waals surface area contributed by atoms with E-state index in [9.17, 15) is 4.79 Å². The fourth-order valence-electron chi connectivity index (χ4n) is 1.91. The molecule has 0 aliphatic rings. The van der Waals surface area contributed by atoms with Crippen LogP contribution in [0, 0.1) is 12.8 Å². The van der Waals surface area contributed by atoms with Crippen molar-refractivity contribution in [3.63, 3.8) is 0 Å². The fourth-order valence-corrected chi connectivity index (χ4v) is 2.85. The van der Waals surface area contributed by atoms with Gasteiger partial charge in [-0.3, -0.25) is 9.36 Å². The van der Waals surface area contributed by atoms with Crippen molar-refractivity contribution in [1.29, 1.82) is 0 Å². The molecule has 0 fully saturated rings. The predicted molar refractivity (Wildman–Crippen MR) is 94.3 cm³/mol. The third-order valence-corrected chi connectivity index (χ3v) is 4.68. The molecule has 0 spiro atoms. The van der Waals surface area contributed by atoms with Gasteiger partial charge in [0.2, 0.25) is 5.91 Å². The highest BCUT2D eigenvalue weighted by Gasteiger charge is 2.11. The first-order valence-corrected chi connectivity index (χ1v) is 8.89. The molecule has 23 heavy (non-hydrogen) atoms. The summed E-state index contributed by atoms with van der Waals surface area (Å²) in [5.74, 6) is 0.903. The quantitative estimate of drug-likeness (QED) is 0.775. The summed E-state index contributed by atoms with van der Waals surface area (Å²) in [6.07, 6.45) is 2.61. The molecule has 2 rings (SSSR count). The van der Waals surface area contributed by atoms with E-state index in [1.54, 1.807) is 6.33 Å². The first-order valence-electron chi connectivity index (χ1n) is 7.53. The molecule has 1 heterocycles. The molecule has 1 aromatic carbocycles. The highest BCUT2D eigenvalue weighted by Crippen LogP contribution is 2.23. The lowest BCUT2D eigenvalue weighted by Gasteiger charge is -2.09. The van der Waals surface area contributed by atoms with Crippen molar-refractivity contribution in [1.82, 2.24) is 20.1 Å². The van der Waals surface area contributed by atoms with Crippen LogP contribution >= 0.6 is 23.4 Å². The summed E-state index contributed by atoms with van der Waals surface area (Å²) in [6.45, 7) is 6.93. The number of aryl methyl sites for hydroxylation is 1. The smallest absolute Gasteiger partial charge is 0.230 e. The number of carbonyl (C=O) groups excluding carboxylic acids is 1. The summed E-state index contributed by atoms with van der Waals surface area (Å²) in [5, 5.41) is 12.3. The summed E-state index contributed by atoms with van der Waals surface area (Å²) in [4.78, 5) is 11.9. The Kier molecular flexibility index (Phi) is 6.47. The Morgan fingerprint density at radius 2 is 2.22 bits per heavy atom. The Morgan fingerprint density at radius 1 is 1.43 bits per heavy atom. The zero-order valence-corrected chi connectivity index (χ0v) is 15.1. The van der Waals surface area contributed by atoms with Gasteiger partial charge in [0.1, 0.15) is 6.33 Å². The fraction of sp³-hybridized carbons (Fsp3) is 0.438. The molecule has 0 saturated carbocycles. The largest absolute Gasteiger partial charge is 0.355 e. The van der Waals surface area contributed by atoms with Crippen LogP contribution in [0.1, 0.15) is 25.8 Å². The van der Waals surface area contributed by atoms with Crippen LogP contribution in [0.2, 0.25) is 5.02 Å². The van der Waals surface area contributed by atoms with Crippen LogP contribution in [0.5, 0.6) is 0 Å². The maximum absolute atomic E-state index is 11.9. The van der Waals surface area contributed by atoms with Crippen molar-refractivity contribution >= 4 is 29.3 Å². The van der Waals surface area contributed by atoms with Gasteiger partial charge in [-0.2, -0.15) is 0 Å². The van der Waals surface area contributed by atoms with E-state index in [0.29, 0.717) is 28.4 Å². The average molecular weight is 353 g/mol. The zero-order valence-electron chi connectivity index (χ0n) is 13.5. The van der Waals surface area contributed by atoms with Crippen molar-refractivity contribution in [2.45, 2.75) is 32.3 Å². The number of nitrogens with one attached hydrogen (secondary N) is 1. The highest BCUT2D eigenvalue weighted by atomic mass is 35.5. The SMILES string of the molecule is Cc1ccc(-n2cnnc2SCC(=O)NCCC(C)C)cc1Cl. The minimum absolute atomic E-state index is 0.00661. The second kappa shape index (κ2) is 8.36. The van der Waals surface area contributed by atoms with Crippen molar-refractivity contribution in [2.24, 2.45) is 5.92 Å². The summed E-state index contributed by atoms with van der Waals surface area (Å²) in [5.41, 5.74) is 1.90. The standard InChI is InChI=1S/C16H21ClN4OS/c1-11(2)6-7-18-15(22)9-23-16-20-19-10-21(16)13-5-4-12(3)14(17)8-13/h4-5,8,10-11H,6-7,9H2,1-3H3,(H,18,22). The normalized spacial score (nSPS) is 11.0. The van der Waals surface area contributed by atoms with Crippen LogP contribution in [0.15, 0.2) is 29.7 Å². The molecule has 0 bridgehead atoms. The van der Waals surface area contributed by atoms with Crippen LogP contribution in [0.25, 0.3) is 5.69 Å². The highest BCUT2D eigenvalue weighted by molar-refractivity contribution is 7.99. The van der Waals surface area contributed by atoms with Gasteiger partial charge >= 0.3 is 0 Å². The van der Waals surface area contributed by atoms with Gasteiger partial charge < -0.3 is 5.32 Å². The molecule has 0 saturated heterocycles. The van der Waals surface area contributed by atoms with Crippen LogP contribution in [-0.2, 0) is 4.79 Å². The van der Waals surface area contributed by atoms with E-state index in [1.807, 2.05) is 29.7 Å². The van der Waals surface area contributed by atoms with Crippen LogP contribution in [-0.4, -0.2) is 33.0 Å².